The Labute approximate surface area is 128 Å². The van der Waals surface area contributed by atoms with Crippen LogP contribution in [-0.4, -0.2) is 30.1 Å². The minimum Gasteiger partial charge on any atom is -0.396 e. The molecule has 1 aromatic carbocycles. The molecule has 0 spiro atoms. The lowest BCUT2D eigenvalue weighted by Gasteiger charge is -2.15. The molecule has 9 heteroatoms. The average Bonchev–Trinajstić information content (AvgIpc) is 3.26. The smallest absolute Gasteiger partial charge is 0.396 e. The van der Waals surface area contributed by atoms with Crippen molar-refractivity contribution in [1.29, 1.82) is 0 Å². The molecule has 0 bridgehead atoms. The van der Waals surface area contributed by atoms with Crippen molar-refractivity contribution in [1.82, 2.24) is 5.32 Å². The van der Waals surface area contributed by atoms with Gasteiger partial charge in [-0.3, -0.25) is 9.59 Å². The van der Waals surface area contributed by atoms with Gasteiger partial charge in [-0.15, -0.1) is 0 Å². The van der Waals surface area contributed by atoms with Crippen LogP contribution >= 0.6 is 0 Å². The maximum atomic E-state index is 13.0. The molecule has 1 saturated carbocycles. The quantitative estimate of drug-likeness (QED) is 0.579. The number of rotatable bonds is 4. The molecular formula is C14H14F4N2O3. The third-order valence-electron chi connectivity index (χ3n) is 3.66. The standard InChI is InChI=1S/C14H14F4N2O3/c15-8-1-2-10(9(5-8)14(16,17)18)20-12(23)11(22)19-6-13(7-21)3-4-13/h1-2,5,21H,3-4,6-7H2,(H,19,22)(H,20,23). The van der Waals surface area contributed by atoms with Crippen molar-refractivity contribution in [2.24, 2.45) is 5.41 Å². The first kappa shape index (κ1) is 17.2. The van der Waals surface area contributed by atoms with Crippen molar-refractivity contribution < 1.29 is 32.3 Å². The molecule has 0 aliphatic heterocycles. The summed E-state index contributed by atoms with van der Waals surface area (Å²) in [5.41, 5.74) is -2.53. The number of benzene rings is 1. The molecule has 1 fully saturated rings. The second kappa shape index (κ2) is 6.15. The number of hydrogen-bond acceptors (Lipinski definition) is 3. The van der Waals surface area contributed by atoms with Crippen LogP contribution in [0.15, 0.2) is 18.2 Å². The number of nitrogens with one attached hydrogen (secondary N) is 2. The summed E-state index contributed by atoms with van der Waals surface area (Å²) in [6.45, 7) is -0.0869. The van der Waals surface area contributed by atoms with E-state index in [1.54, 1.807) is 0 Å². The molecule has 0 heterocycles. The third-order valence-corrected chi connectivity index (χ3v) is 3.66. The minimum atomic E-state index is -4.88. The van der Waals surface area contributed by atoms with Gasteiger partial charge in [0.15, 0.2) is 0 Å². The molecule has 0 radical (unpaired) electrons. The molecule has 0 atom stereocenters. The maximum Gasteiger partial charge on any atom is 0.418 e. The van der Waals surface area contributed by atoms with E-state index < -0.39 is 40.5 Å². The fraction of sp³-hybridized carbons (Fsp3) is 0.429. The lowest BCUT2D eigenvalue weighted by Crippen LogP contribution is -2.39. The van der Waals surface area contributed by atoms with Gasteiger partial charge < -0.3 is 15.7 Å². The second-order valence-corrected chi connectivity index (χ2v) is 5.48. The second-order valence-electron chi connectivity index (χ2n) is 5.48. The molecule has 0 saturated heterocycles. The molecule has 23 heavy (non-hydrogen) atoms. The maximum absolute atomic E-state index is 13.0. The van der Waals surface area contributed by atoms with Crippen molar-refractivity contribution in [3.63, 3.8) is 0 Å². The van der Waals surface area contributed by atoms with Gasteiger partial charge >= 0.3 is 18.0 Å². The highest BCUT2D eigenvalue weighted by molar-refractivity contribution is 6.39. The molecule has 2 rings (SSSR count). The van der Waals surface area contributed by atoms with Crippen molar-refractivity contribution in [3.05, 3.63) is 29.6 Å². The fourth-order valence-corrected chi connectivity index (χ4v) is 1.95. The summed E-state index contributed by atoms with van der Waals surface area (Å²) in [6, 6.07) is 1.71. The number of halogens is 4. The summed E-state index contributed by atoms with van der Waals surface area (Å²) in [7, 11) is 0. The molecule has 126 valence electrons. The van der Waals surface area contributed by atoms with Gasteiger partial charge in [-0.2, -0.15) is 13.2 Å². The SMILES string of the molecule is O=C(NCC1(CO)CC1)C(=O)Nc1ccc(F)cc1C(F)(F)F. The largest absolute Gasteiger partial charge is 0.418 e. The van der Waals surface area contributed by atoms with Crippen LogP contribution in [0.4, 0.5) is 23.2 Å². The fourth-order valence-electron chi connectivity index (χ4n) is 1.95. The Bertz CT molecular complexity index is 627. The van der Waals surface area contributed by atoms with Crippen molar-refractivity contribution in [2.45, 2.75) is 19.0 Å². The molecule has 3 N–H and O–H groups in total. The topological polar surface area (TPSA) is 78.4 Å². The first-order valence-electron chi connectivity index (χ1n) is 6.74. The predicted octanol–water partition coefficient (Wildman–Crippen LogP) is 1.67. The predicted molar refractivity (Wildman–Crippen MR) is 71.8 cm³/mol. The van der Waals surface area contributed by atoms with E-state index in [0.29, 0.717) is 12.8 Å². The summed E-state index contributed by atoms with van der Waals surface area (Å²) < 4.78 is 51.3. The van der Waals surface area contributed by atoms with Gasteiger partial charge in [0, 0.05) is 12.0 Å². The van der Waals surface area contributed by atoms with Crippen LogP contribution in [-0.2, 0) is 15.8 Å². The number of anilines is 1. The highest BCUT2D eigenvalue weighted by Crippen LogP contribution is 2.44. The van der Waals surface area contributed by atoms with Gasteiger partial charge in [-0.05, 0) is 31.0 Å². The third kappa shape index (κ3) is 4.19. The van der Waals surface area contributed by atoms with Crippen LogP contribution in [0.5, 0.6) is 0 Å². The van der Waals surface area contributed by atoms with E-state index in [9.17, 15) is 27.2 Å². The number of carbonyl (C=O) groups excluding carboxylic acids is 2. The molecular weight excluding hydrogens is 320 g/mol. The molecule has 1 aromatic rings. The van der Waals surface area contributed by atoms with Crippen LogP contribution in [0.1, 0.15) is 18.4 Å². The van der Waals surface area contributed by atoms with Gasteiger partial charge in [0.25, 0.3) is 0 Å². The van der Waals surface area contributed by atoms with Crippen LogP contribution in [0.3, 0.4) is 0 Å². The zero-order valence-electron chi connectivity index (χ0n) is 11.8. The number of aliphatic hydroxyl groups is 1. The van der Waals surface area contributed by atoms with Gasteiger partial charge in [-0.25, -0.2) is 4.39 Å². The molecule has 5 nitrogen and oxygen atoms in total. The molecule has 0 aromatic heterocycles. The molecule has 1 aliphatic carbocycles. The van der Waals surface area contributed by atoms with Gasteiger partial charge in [0.05, 0.1) is 17.9 Å². The van der Waals surface area contributed by atoms with E-state index in [2.05, 4.69) is 5.32 Å². The Morgan fingerprint density at radius 3 is 2.39 bits per heavy atom. The average molecular weight is 334 g/mol. The Kier molecular flexibility index (Phi) is 4.60. The lowest BCUT2D eigenvalue weighted by molar-refractivity contribution is -0.138. The van der Waals surface area contributed by atoms with Gasteiger partial charge in [-0.1, -0.05) is 0 Å². The monoisotopic (exact) mass is 334 g/mol. The summed E-state index contributed by atoms with van der Waals surface area (Å²) in [4.78, 5) is 23.3. The molecule has 2 amide bonds. The number of hydrogen-bond donors (Lipinski definition) is 3. The zero-order chi connectivity index (χ0) is 17.3. The number of alkyl halides is 3. The zero-order valence-corrected chi connectivity index (χ0v) is 11.8. The normalized spacial score (nSPS) is 15.9. The summed E-state index contributed by atoms with van der Waals surface area (Å²) in [5.74, 6) is -3.53. The minimum absolute atomic E-state index is 0.0608. The Balaban J connectivity index is 2.04. The summed E-state index contributed by atoms with van der Waals surface area (Å²) in [5, 5.41) is 13.2. The van der Waals surface area contributed by atoms with E-state index >= 15 is 0 Å². The first-order valence-corrected chi connectivity index (χ1v) is 6.74. The number of amides is 2. The lowest BCUT2D eigenvalue weighted by atomic mass is 10.1. The van der Waals surface area contributed by atoms with Crippen LogP contribution in [0.25, 0.3) is 0 Å². The number of aliphatic hydroxyl groups excluding tert-OH is 1. The van der Waals surface area contributed by atoms with Crippen molar-refractivity contribution in [3.8, 4) is 0 Å². The van der Waals surface area contributed by atoms with E-state index in [0.717, 1.165) is 12.1 Å². The van der Waals surface area contributed by atoms with E-state index in [-0.39, 0.29) is 19.2 Å². The van der Waals surface area contributed by atoms with E-state index in [4.69, 9.17) is 5.11 Å². The highest BCUT2D eigenvalue weighted by atomic mass is 19.4. The Morgan fingerprint density at radius 2 is 1.87 bits per heavy atom. The molecule has 1 aliphatic rings. The van der Waals surface area contributed by atoms with Gasteiger partial charge in [0.2, 0.25) is 0 Å². The van der Waals surface area contributed by atoms with Crippen LogP contribution in [0.2, 0.25) is 0 Å². The van der Waals surface area contributed by atoms with Crippen LogP contribution in [0, 0.1) is 11.2 Å². The van der Waals surface area contributed by atoms with Gasteiger partial charge in [0.1, 0.15) is 5.82 Å². The van der Waals surface area contributed by atoms with Crippen molar-refractivity contribution >= 4 is 17.5 Å². The molecule has 0 unspecified atom stereocenters. The Hall–Kier alpha value is -2.16. The van der Waals surface area contributed by atoms with E-state index in [1.807, 2.05) is 5.32 Å². The van der Waals surface area contributed by atoms with Crippen LogP contribution < -0.4 is 10.6 Å². The van der Waals surface area contributed by atoms with Crippen molar-refractivity contribution in [2.75, 3.05) is 18.5 Å². The summed E-state index contributed by atoms with van der Waals surface area (Å²) in [6.07, 6.45) is -3.49. The number of carbonyl (C=O) groups is 2. The Morgan fingerprint density at radius 1 is 1.22 bits per heavy atom. The summed E-state index contributed by atoms with van der Waals surface area (Å²) >= 11 is 0. The highest BCUT2D eigenvalue weighted by Gasteiger charge is 2.42. The first-order chi connectivity index (χ1) is 10.7. The van der Waals surface area contributed by atoms with E-state index in [1.165, 1.54) is 0 Å².